The number of aromatic nitrogens is 3. The minimum absolute atomic E-state index is 0.0311. The average Bonchev–Trinajstić information content (AvgIpc) is 2.17. The van der Waals surface area contributed by atoms with Crippen molar-refractivity contribution in [1.29, 1.82) is 0 Å². The molecule has 0 fully saturated rings. The van der Waals surface area contributed by atoms with E-state index in [0.29, 0.717) is 6.54 Å². The van der Waals surface area contributed by atoms with Crippen LogP contribution in [-0.2, 0) is 4.84 Å². The molecule has 0 atom stereocenters. The Bertz CT molecular complexity index is 300. The molecule has 5 N–H and O–H groups in total. The van der Waals surface area contributed by atoms with E-state index < -0.39 is 0 Å². The highest BCUT2D eigenvalue weighted by molar-refractivity contribution is 5.37. The Morgan fingerprint density at radius 2 is 1.87 bits per heavy atom. The smallest absolute Gasteiger partial charge is 0.256 e. The fourth-order valence-corrected chi connectivity index (χ4v) is 0.950. The third-order valence-electron chi connectivity index (χ3n) is 1.51. The second-order valence-corrected chi connectivity index (χ2v) is 2.60. The largest absolute Gasteiger partial charge is 0.394 e. The zero-order valence-electron chi connectivity index (χ0n) is 8.42. The lowest BCUT2D eigenvalue weighted by Gasteiger charge is -2.19. The molecule has 1 heterocycles. The number of nitrogen functional groups attached to an aromatic ring is 2. The Balaban J connectivity index is 2.81. The van der Waals surface area contributed by atoms with E-state index in [-0.39, 0.29) is 31.1 Å². The molecule has 0 aliphatic heterocycles. The number of nitrogens with zero attached hydrogens (tertiary/aromatic N) is 4. The minimum atomic E-state index is -0.0907. The fraction of sp³-hybridized carbons (Fsp3) is 0.571. The van der Waals surface area contributed by atoms with Crippen molar-refractivity contribution in [1.82, 2.24) is 15.0 Å². The Morgan fingerprint density at radius 1 is 1.27 bits per heavy atom. The summed E-state index contributed by atoms with van der Waals surface area (Å²) in [5.74, 6) is 0.294. The predicted octanol–water partition coefficient (Wildman–Crippen LogP) is -1.21. The Kier molecular flexibility index (Phi) is 4.01. The van der Waals surface area contributed by atoms with Crippen LogP contribution in [0.25, 0.3) is 0 Å². The molecule has 0 unspecified atom stereocenters. The van der Waals surface area contributed by atoms with Crippen molar-refractivity contribution >= 4 is 17.8 Å². The van der Waals surface area contributed by atoms with Crippen molar-refractivity contribution < 1.29 is 9.94 Å². The molecule has 0 saturated heterocycles. The van der Waals surface area contributed by atoms with Gasteiger partial charge in [-0.3, -0.25) is 4.84 Å². The molecule has 0 aromatic carbocycles. The van der Waals surface area contributed by atoms with Gasteiger partial charge in [-0.15, -0.1) is 0 Å². The molecule has 1 aromatic heterocycles. The van der Waals surface area contributed by atoms with Gasteiger partial charge in [0.2, 0.25) is 11.9 Å². The molecular weight excluding hydrogens is 200 g/mol. The molecule has 0 saturated carbocycles. The predicted molar refractivity (Wildman–Crippen MR) is 54.7 cm³/mol. The van der Waals surface area contributed by atoms with E-state index in [2.05, 4.69) is 15.0 Å². The van der Waals surface area contributed by atoms with Crippen LogP contribution in [0, 0.1) is 0 Å². The summed E-state index contributed by atoms with van der Waals surface area (Å²) in [4.78, 5) is 16.5. The number of rotatable bonds is 5. The highest BCUT2D eigenvalue weighted by Gasteiger charge is 2.10. The second-order valence-electron chi connectivity index (χ2n) is 2.60. The quantitative estimate of drug-likeness (QED) is 0.521. The van der Waals surface area contributed by atoms with Gasteiger partial charge < -0.3 is 16.6 Å². The lowest BCUT2D eigenvalue weighted by atomic mass is 10.7. The number of anilines is 3. The summed E-state index contributed by atoms with van der Waals surface area (Å²) in [6, 6.07) is 0. The van der Waals surface area contributed by atoms with Crippen LogP contribution >= 0.6 is 0 Å². The van der Waals surface area contributed by atoms with Crippen LogP contribution in [-0.4, -0.2) is 39.8 Å². The van der Waals surface area contributed by atoms with Gasteiger partial charge in [-0.2, -0.15) is 15.0 Å². The molecule has 84 valence electrons. The highest BCUT2D eigenvalue weighted by atomic mass is 16.7. The molecular formula is C7H14N6O2. The van der Waals surface area contributed by atoms with E-state index in [4.69, 9.17) is 21.4 Å². The third-order valence-corrected chi connectivity index (χ3v) is 1.51. The van der Waals surface area contributed by atoms with Crippen molar-refractivity contribution in [3.05, 3.63) is 0 Å². The second kappa shape index (κ2) is 5.27. The molecule has 1 aromatic rings. The summed E-state index contributed by atoms with van der Waals surface area (Å²) >= 11 is 0. The van der Waals surface area contributed by atoms with E-state index in [9.17, 15) is 0 Å². The summed E-state index contributed by atoms with van der Waals surface area (Å²) in [7, 11) is 0. The first-order valence-corrected chi connectivity index (χ1v) is 4.45. The summed E-state index contributed by atoms with van der Waals surface area (Å²) < 4.78 is 0. The van der Waals surface area contributed by atoms with Crippen molar-refractivity contribution in [2.45, 2.75) is 6.92 Å². The molecule has 15 heavy (non-hydrogen) atoms. The maximum Gasteiger partial charge on any atom is 0.256 e. The van der Waals surface area contributed by atoms with E-state index >= 15 is 0 Å². The first-order chi connectivity index (χ1) is 7.17. The van der Waals surface area contributed by atoms with Crippen LogP contribution in [0.5, 0.6) is 0 Å². The van der Waals surface area contributed by atoms with Crippen molar-refractivity contribution in [3.63, 3.8) is 0 Å². The summed E-state index contributed by atoms with van der Waals surface area (Å²) in [5, 5.41) is 9.99. The van der Waals surface area contributed by atoms with Crippen LogP contribution in [0.15, 0.2) is 0 Å². The van der Waals surface area contributed by atoms with Crippen LogP contribution in [0.3, 0.4) is 0 Å². The van der Waals surface area contributed by atoms with Gasteiger partial charge in [0.1, 0.15) is 0 Å². The number of aliphatic hydroxyl groups is 1. The summed E-state index contributed by atoms with van der Waals surface area (Å²) in [5.41, 5.74) is 10.8. The Hall–Kier alpha value is -1.67. The molecule has 0 radical (unpaired) electrons. The zero-order valence-corrected chi connectivity index (χ0v) is 8.42. The number of nitrogens with two attached hydrogens (primary N) is 2. The van der Waals surface area contributed by atoms with Crippen molar-refractivity contribution in [3.8, 4) is 0 Å². The maximum absolute atomic E-state index is 8.61. The fourth-order valence-electron chi connectivity index (χ4n) is 0.950. The van der Waals surface area contributed by atoms with E-state index in [1.54, 1.807) is 0 Å². The SMILES string of the molecule is CCN(OCCO)c1nc(N)nc(N)n1. The monoisotopic (exact) mass is 214 g/mol. The van der Waals surface area contributed by atoms with Gasteiger partial charge in [-0.1, -0.05) is 0 Å². The number of aliphatic hydroxyl groups excluding tert-OH is 1. The molecule has 0 aliphatic rings. The molecule has 8 heteroatoms. The van der Waals surface area contributed by atoms with Gasteiger partial charge >= 0.3 is 0 Å². The van der Waals surface area contributed by atoms with Crippen LogP contribution in [0.4, 0.5) is 17.8 Å². The number of hydrogen-bond donors (Lipinski definition) is 3. The Labute approximate surface area is 86.9 Å². The molecule has 8 nitrogen and oxygen atoms in total. The standard InChI is InChI=1S/C7H14N6O2/c1-2-13(15-4-3-14)7-11-5(8)10-6(9)12-7/h14H,2-4H2,1H3,(H4,8,9,10,11,12). The average molecular weight is 214 g/mol. The molecule has 0 spiro atoms. The molecule has 1 rings (SSSR count). The van der Waals surface area contributed by atoms with Gasteiger partial charge in [0.05, 0.1) is 13.2 Å². The third kappa shape index (κ3) is 3.18. The van der Waals surface area contributed by atoms with Crippen molar-refractivity contribution in [2.75, 3.05) is 36.3 Å². The lowest BCUT2D eigenvalue weighted by Crippen LogP contribution is -2.27. The summed E-state index contributed by atoms with van der Waals surface area (Å²) in [6.07, 6.45) is 0. The first-order valence-electron chi connectivity index (χ1n) is 4.45. The van der Waals surface area contributed by atoms with Crippen molar-refractivity contribution in [2.24, 2.45) is 0 Å². The van der Waals surface area contributed by atoms with Gasteiger partial charge in [0.15, 0.2) is 0 Å². The maximum atomic E-state index is 8.61. The lowest BCUT2D eigenvalue weighted by molar-refractivity contribution is 0.0719. The normalized spacial score (nSPS) is 10.3. The van der Waals surface area contributed by atoms with Gasteiger partial charge in [0, 0.05) is 6.54 Å². The molecule has 0 bridgehead atoms. The highest BCUT2D eigenvalue weighted by Crippen LogP contribution is 2.09. The van der Waals surface area contributed by atoms with E-state index in [1.165, 1.54) is 5.06 Å². The van der Waals surface area contributed by atoms with Crippen LogP contribution in [0.2, 0.25) is 0 Å². The number of hydrogen-bond acceptors (Lipinski definition) is 8. The summed E-state index contributed by atoms with van der Waals surface area (Å²) in [6.45, 7) is 2.41. The minimum Gasteiger partial charge on any atom is -0.394 e. The zero-order chi connectivity index (χ0) is 11.3. The Morgan fingerprint density at radius 3 is 2.33 bits per heavy atom. The van der Waals surface area contributed by atoms with E-state index in [0.717, 1.165) is 0 Å². The van der Waals surface area contributed by atoms with E-state index in [1.807, 2.05) is 6.92 Å². The first kappa shape index (κ1) is 11.4. The van der Waals surface area contributed by atoms with Gasteiger partial charge in [-0.25, -0.2) is 5.06 Å². The van der Waals surface area contributed by atoms with Crippen LogP contribution < -0.4 is 16.5 Å². The molecule has 0 amide bonds. The van der Waals surface area contributed by atoms with Crippen LogP contribution in [0.1, 0.15) is 6.92 Å². The van der Waals surface area contributed by atoms with Gasteiger partial charge in [0.25, 0.3) is 5.95 Å². The number of hydroxylamine groups is 1. The van der Waals surface area contributed by atoms with Gasteiger partial charge in [-0.05, 0) is 6.92 Å². The topological polar surface area (TPSA) is 123 Å². The molecule has 0 aliphatic carbocycles.